The first-order valence-corrected chi connectivity index (χ1v) is 9.92. The number of morpholine rings is 1. The number of halogens is 3. The molecular formula is C17H17F3N2O5S. The second-order valence-electron chi connectivity index (χ2n) is 7.05. The zero-order valence-corrected chi connectivity index (χ0v) is 15.8. The van der Waals surface area contributed by atoms with Gasteiger partial charge in [0.1, 0.15) is 0 Å². The highest BCUT2D eigenvalue weighted by atomic mass is 32.2. The van der Waals surface area contributed by atoms with Gasteiger partial charge in [-0.1, -0.05) is 0 Å². The molecule has 0 unspecified atom stereocenters. The summed E-state index contributed by atoms with van der Waals surface area (Å²) < 4.78 is 73.1. The van der Waals surface area contributed by atoms with Gasteiger partial charge in [-0.2, -0.15) is 21.6 Å². The number of alkyl halides is 3. The Morgan fingerprint density at radius 2 is 1.96 bits per heavy atom. The van der Waals surface area contributed by atoms with Crippen LogP contribution in [-0.4, -0.2) is 43.8 Å². The summed E-state index contributed by atoms with van der Waals surface area (Å²) in [6.45, 7) is 2.50. The molecule has 0 aliphatic carbocycles. The van der Waals surface area contributed by atoms with E-state index in [0.717, 1.165) is 6.42 Å². The van der Waals surface area contributed by atoms with Crippen molar-refractivity contribution in [2.45, 2.75) is 31.0 Å². The van der Waals surface area contributed by atoms with E-state index in [1.807, 2.05) is 4.90 Å². The Kier molecular flexibility index (Phi) is 4.16. The highest BCUT2D eigenvalue weighted by molar-refractivity contribution is 7.88. The average molecular weight is 418 g/mol. The maximum atomic E-state index is 12.9. The second kappa shape index (κ2) is 6.11. The van der Waals surface area contributed by atoms with Crippen molar-refractivity contribution in [1.29, 1.82) is 0 Å². The Hall–Kier alpha value is -2.27. The molecular weight excluding hydrogens is 401 g/mol. The van der Waals surface area contributed by atoms with Crippen LogP contribution in [0.4, 0.5) is 18.9 Å². The van der Waals surface area contributed by atoms with Gasteiger partial charge in [0.2, 0.25) is 0 Å². The van der Waals surface area contributed by atoms with Crippen LogP contribution < -0.4 is 14.6 Å². The number of aromatic nitrogens is 1. The molecule has 152 valence electrons. The lowest BCUT2D eigenvalue weighted by Crippen LogP contribution is -2.37. The van der Waals surface area contributed by atoms with Crippen LogP contribution in [0.25, 0.3) is 10.9 Å². The Balaban J connectivity index is 1.92. The third-order valence-electron chi connectivity index (χ3n) is 5.18. The van der Waals surface area contributed by atoms with Crippen LogP contribution in [0.5, 0.6) is 5.75 Å². The highest BCUT2D eigenvalue weighted by Crippen LogP contribution is 2.39. The molecule has 0 spiro atoms. The van der Waals surface area contributed by atoms with Crippen molar-refractivity contribution in [1.82, 2.24) is 4.57 Å². The fourth-order valence-corrected chi connectivity index (χ4v) is 4.26. The minimum atomic E-state index is -5.86. The maximum Gasteiger partial charge on any atom is 0.534 e. The van der Waals surface area contributed by atoms with Crippen molar-refractivity contribution < 1.29 is 30.5 Å². The number of nitrogens with zero attached hydrogens (tertiary/aromatic N) is 2. The monoisotopic (exact) mass is 418 g/mol. The molecule has 0 N–H and O–H groups in total. The number of hydrogen-bond donors (Lipinski definition) is 0. The molecule has 7 nitrogen and oxygen atoms in total. The van der Waals surface area contributed by atoms with Crippen LogP contribution in [0.2, 0.25) is 0 Å². The number of hydrogen-bond acceptors (Lipinski definition) is 6. The SMILES string of the molecule is Cc1cc2c(OS(=O)(=O)C(F)(F)F)cc(N3C[C@H]4C[C@@H]3CO4)cc2n(C)c1=O. The maximum absolute atomic E-state index is 12.9. The summed E-state index contributed by atoms with van der Waals surface area (Å²) in [4.78, 5) is 14.2. The van der Waals surface area contributed by atoms with Crippen LogP contribution in [0.3, 0.4) is 0 Å². The molecule has 1 aromatic carbocycles. The quantitative estimate of drug-likeness (QED) is 0.561. The average Bonchev–Trinajstić information content (AvgIpc) is 3.22. The van der Waals surface area contributed by atoms with E-state index in [-0.39, 0.29) is 34.2 Å². The van der Waals surface area contributed by atoms with Gasteiger partial charge in [0.05, 0.1) is 24.3 Å². The Labute approximate surface area is 158 Å². The summed E-state index contributed by atoms with van der Waals surface area (Å²) in [6, 6.07) is 4.30. The molecule has 2 atom stereocenters. The van der Waals surface area contributed by atoms with E-state index in [4.69, 9.17) is 4.74 Å². The van der Waals surface area contributed by atoms with Crippen molar-refractivity contribution >= 4 is 26.7 Å². The van der Waals surface area contributed by atoms with Crippen molar-refractivity contribution in [2.75, 3.05) is 18.1 Å². The number of benzene rings is 1. The summed E-state index contributed by atoms with van der Waals surface area (Å²) in [5, 5.41) is 0.108. The Morgan fingerprint density at radius 1 is 1.25 bits per heavy atom. The summed E-state index contributed by atoms with van der Waals surface area (Å²) in [5.74, 6) is -0.466. The zero-order valence-electron chi connectivity index (χ0n) is 15.0. The predicted molar refractivity (Wildman–Crippen MR) is 95.0 cm³/mol. The molecule has 2 bridgehead atoms. The van der Waals surface area contributed by atoms with E-state index in [0.29, 0.717) is 18.8 Å². The van der Waals surface area contributed by atoms with E-state index in [1.54, 1.807) is 6.07 Å². The van der Waals surface area contributed by atoms with Gasteiger partial charge in [-0.05, 0) is 25.5 Å². The summed E-state index contributed by atoms with van der Waals surface area (Å²) >= 11 is 0. The lowest BCUT2D eigenvalue weighted by Gasteiger charge is -2.29. The Morgan fingerprint density at radius 3 is 2.54 bits per heavy atom. The fraction of sp³-hybridized carbons (Fsp3) is 0.471. The second-order valence-corrected chi connectivity index (χ2v) is 8.59. The third-order valence-corrected chi connectivity index (χ3v) is 6.15. The molecule has 1 aromatic heterocycles. The minimum absolute atomic E-state index is 0.0193. The van der Waals surface area contributed by atoms with E-state index >= 15 is 0 Å². The fourth-order valence-electron chi connectivity index (χ4n) is 3.79. The van der Waals surface area contributed by atoms with Gasteiger partial charge in [0, 0.05) is 36.3 Å². The lowest BCUT2D eigenvalue weighted by atomic mass is 10.1. The standard InChI is InChI=1S/C17H17F3N2O5S/c1-9-3-13-14(21(2)16(9)23)5-10(22-7-12-4-11(22)8-26-12)6-15(13)27-28(24,25)17(18,19)20/h3,5-6,11-12H,4,7-8H2,1-2H3/t11-,12-/m1/s1. The lowest BCUT2D eigenvalue weighted by molar-refractivity contribution is -0.0499. The van der Waals surface area contributed by atoms with Crippen molar-refractivity contribution in [3.05, 3.63) is 34.1 Å². The van der Waals surface area contributed by atoms with E-state index in [1.165, 1.54) is 30.7 Å². The molecule has 0 radical (unpaired) electrons. The molecule has 4 rings (SSSR count). The summed E-state index contributed by atoms with van der Waals surface area (Å²) in [5.41, 5.74) is -4.88. The molecule has 0 amide bonds. The number of rotatable bonds is 3. The van der Waals surface area contributed by atoms with Crippen LogP contribution in [0, 0.1) is 6.92 Å². The first-order valence-electron chi connectivity index (χ1n) is 8.51. The first kappa shape index (κ1) is 19.1. The number of pyridine rings is 1. The van der Waals surface area contributed by atoms with Gasteiger partial charge < -0.3 is 18.4 Å². The highest BCUT2D eigenvalue weighted by Gasteiger charge is 2.49. The molecule has 2 aromatic rings. The third kappa shape index (κ3) is 2.93. The zero-order chi connectivity index (χ0) is 20.4. The summed E-state index contributed by atoms with van der Waals surface area (Å²) in [6.07, 6.45) is 0.799. The number of aryl methyl sites for hydroxylation is 2. The van der Waals surface area contributed by atoms with Crippen molar-refractivity contribution in [3.63, 3.8) is 0 Å². The van der Waals surface area contributed by atoms with Crippen molar-refractivity contribution in [3.8, 4) is 5.75 Å². The van der Waals surface area contributed by atoms with E-state index < -0.39 is 21.4 Å². The van der Waals surface area contributed by atoms with Gasteiger partial charge in [0.25, 0.3) is 5.56 Å². The molecule has 0 saturated carbocycles. The van der Waals surface area contributed by atoms with Crippen LogP contribution in [0.15, 0.2) is 23.0 Å². The smallest absolute Gasteiger partial charge is 0.375 e. The Bertz CT molecular complexity index is 1130. The van der Waals surface area contributed by atoms with E-state index in [2.05, 4.69) is 4.18 Å². The number of ether oxygens (including phenoxy) is 1. The van der Waals surface area contributed by atoms with Gasteiger partial charge in [-0.15, -0.1) is 0 Å². The molecule has 2 fully saturated rings. The molecule has 28 heavy (non-hydrogen) atoms. The minimum Gasteiger partial charge on any atom is -0.375 e. The van der Waals surface area contributed by atoms with Crippen LogP contribution >= 0.6 is 0 Å². The van der Waals surface area contributed by atoms with Crippen molar-refractivity contribution in [2.24, 2.45) is 7.05 Å². The largest absolute Gasteiger partial charge is 0.534 e. The van der Waals surface area contributed by atoms with Crippen LogP contribution in [0.1, 0.15) is 12.0 Å². The molecule has 11 heteroatoms. The predicted octanol–water partition coefficient (Wildman–Crippen LogP) is 2.05. The number of fused-ring (bicyclic) bond motifs is 3. The van der Waals surface area contributed by atoms with Gasteiger partial charge in [-0.25, -0.2) is 0 Å². The normalized spacial score (nSPS) is 22.2. The summed E-state index contributed by atoms with van der Waals surface area (Å²) in [7, 11) is -4.38. The number of anilines is 1. The first-order chi connectivity index (χ1) is 13.0. The molecule has 3 heterocycles. The van der Waals surface area contributed by atoms with Gasteiger partial charge in [-0.3, -0.25) is 4.79 Å². The molecule has 2 aliphatic rings. The van der Waals surface area contributed by atoms with Crippen LogP contribution in [-0.2, 0) is 21.9 Å². The molecule has 2 aliphatic heterocycles. The molecule has 2 saturated heterocycles. The topological polar surface area (TPSA) is 77.8 Å². The van der Waals surface area contributed by atoms with Gasteiger partial charge >= 0.3 is 15.6 Å². The van der Waals surface area contributed by atoms with E-state index in [9.17, 15) is 26.4 Å². The van der Waals surface area contributed by atoms with Gasteiger partial charge in [0.15, 0.2) is 5.75 Å².